The first kappa shape index (κ1) is 18.8. The molecule has 1 heterocycles. The number of benzene rings is 2. The summed E-state index contributed by atoms with van der Waals surface area (Å²) < 4.78 is 26.6. The molecule has 2 amide bonds. The van der Waals surface area contributed by atoms with Crippen LogP contribution in [-0.2, 0) is 9.59 Å². The van der Waals surface area contributed by atoms with Crippen LogP contribution in [0.25, 0.3) is 0 Å². The Balaban J connectivity index is 1.66. The predicted octanol–water partition coefficient (Wildman–Crippen LogP) is 3.84. The van der Waals surface area contributed by atoms with E-state index in [-0.39, 0.29) is 11.6 Å². The van der Waals surface area contributed by atoms with Crippen LogP contribution in [0, 0.1) is 18.6 Å². The van der Waals surface area contributed by atoms with Crippen molar-refractivity contribution in [3.8, 4) is 0 Å². The van der Waals surface area contributed by atoms with Crippen LogP contribution in [0.1, 0.15) is 25.3 Å². The van der Waals surface area contributed by atoms with Crippen molar-refractivity contribution >= 4 is 28.9 Å². The Bertz CT molecular complexity index is 886. The van der Waals surface area contributed by atoms with Crippen molar-refractivity contribution in [2.24, 2.45) is 0 Å². The fourth-order valence-electron chi connectivity index (χ4n) is 3.10. The van der Waals surface area contributed by atoms with Gasteiger partial charge in [0.25, 0.3) is 0 Å². The standard InChI is InChI=1S/C20H21F2N3O2/c1-12-10-15(6-8-18(12)25-9-3-4-19(25)26)23-13(2)20(27)24-17-7-5-14(21)11-16(17)22/h5-8,10-11,13,23H,3-4,9H2,1-2H3,(H,24,27)/t13-/m0/s1. The summed E-state index contributed by atoms with van der Waals surface area (Å²) in [6.45, 7) is 4.27. The van der Waals surface area contributed by atoms with Gasteiger partial charge in [0, 0.05) is 30.4 Å². The summed E-state index contributed by atoms with van der Waals surface area (Å²) in [6, 6.07) is 7.85. The second-order valence-electron chi connectivity index (χ2n) is 6.63. The topological polar surface area (TPSA) is 61.4 Å². The summed E-state index contributed by atoms with van der Waals surface area (Å²) in [4.78, 5) is 25.9. The number of halogens is 2. The Morgan fingerprint density at radius 2 is 1.96 bits per heavy atom. The number of carbonyl (C=O) groups excluding carboxylic acids is 2. The van der Waals surface area contributed by atoms with Gasteiger partial charge in [-0.15, -0.1) is 0 Å². The highest BCUT2D eigenvalue weighted by Crippen LogP contribution is 2.27. The van der Waals surface area contributed by atoms with Crippen LogP contribution in [0.4, 0.5) is 25.8 Å². The summed E-state index contributed by atoms with van der Waals surface area (Å²) in [6.07, 6.45) is 1.42. The van der Waals surface area contributed by atoms with Gasteiger partial charge in [-0.25, -0.2) is 8.78 Å². The molecule has 1 aliphatic rings. The predicted molar refractivity (Wildman–Crippen MR) is 101 cm³/mol. The van der Waals surface area contributed by atoms with Crippen molar-refractivity contribution in [2.75, 3.05) is 22.1 Å². The van der Waals surface area contributed by atoms with Crippen molar-refractivity contribution in [2.45, 2.75) is 32.7 Å². The van der Waals surface area contributed by atoms with Gasteiger partial charge in [-0.2, -0.15) is 0 Å². The lowest BCUT2D eigenvalue weighted by atomic mass is 10.1. The molecule has 2 aromatic carbocycles. The van der Waals surface area contributed by atoms with Gasteiger partial charge >= 0.3 is 0 Å². The third-order valence-electron chi connectivity index (χ3n) is 4.53. The Kier molecular flexibility index (Phi) is 5.39. The quantitative estimate of drug-likeness (QED) is 0.837. The molecule has 0 saturated carbocycles. The zero-order valence-corrected chi connectivity index (χ0v) is 15.2. The molecule has 1 aliphatic heterocycles. The van der Waals surface area contributed by atoms with E-state index >= 15 is 0 Å². The van der Waals surface area contributed by atoms with Crippen LogP contribution in [0.3, 0.4) is 0 Å². The minimum atomic E-state index is -0.828. The largest absolute Gasteiger partial charge is 0.374 e. The van der Waals surface area contributed by atoms with Crippen molar-refractivity contribution in [3.63, 3.8) is 0 Å². The van der Waals surface area contributed by atoms with Crippen molar-refractivity contribution in [1.29, 1.82) is 0 Å². The fraction of sp³-hybridized carbons (Fsp3) is 0.300. The van der Waals surface area contributed by atoms with Gasteiger partial charge in [-0.05, 0) is 56.2 Å². The van der Waals surface area contributed by atoms with Gasteiger partial charge in [0.05, 0.1) is 5.69 Å². The number of nitrogens with zero attached hydrogens (tertiary/aromatic N) is 1. The third kappa shape index (κ3) is 4.24. The normalized spacial score (nSPS) is 15.0. The lowest BCUT2D eigenvalue weighted by molar-refractivity contribution is -0.117. The number of rotatable bonds is 5. The van der Waals surface area contributed by atoms with Gasteiger partial charge in [0.15, 0.2) is 0 Å². The van der Waals surface area contributed by atoms with E-state index in [1.54, 1.807) is 17.9 Å². The lowest BCUT2D eigenvalue weighted by Gasteiger charge is -2.20. The number of nitrogens with one attached hydrogen (secondary N) is 2. The number of aryl methyl sites for hydroxylation is 1. The lowest BCUT2D eigenvalue weighted by Crippen LogP contribution is -2.32. The number of hydrogen-bond acceptors (Lipinski definition) is 3. The average molecular weight is 373 g/mol. The molecule has 1 atom stereocenters. The average Bonchev–Trinajstić information content (AvgIpc) is 3.03. The zero-order valence-electron chi connectivity index (χ0n) is 15.2. The highest BCUT2D eigenvalue weighted by molar-refractivity contribution is 5.97. The summed E-state index contributed by atoms with van der Waals surface area (Å²) >= 11 is 0. The van der Waals surface area contributed by atoms with Crippen LogP contribution >= 0.6 is 0 Å². The van der Waals surface area contributed by atoms with Gasteiger partial charge in [-0.1, -0.05) is 0 Å². The first-order valence-corrected chi connectivity index (χ1v) is 8.78. The van der Waals surface area contributed by atoms with Crippen LogP contribution < -0.4 is 15.5 Å². The second kappa shape index (κ2) is 7.73. The summed E-state index contributed by atoms with van der Waals surface area (Å²) in [5.41, 5.74) is 2.43. The van der Waals surface area contributed by atoms with Gasteiger partial charge in [-0.3, -0.25) is 9.59 Å². The Morgan fingerprint density at radius 3 is 2.59 bits per heavy atom. The van der Waals surface area contributed by atoms with E-state index < -0.39 is 23.6 Å². The maximum Gasteiger partial charge on any atom is 0.246 e. The summed E-state index contributed by atoms with van der Waals surface area (Å²) in [7, 11) is 0. The molecule has 7 heteroatoms. The van der Waals surface area contributed by atoms with E-state index in [0.29, 0.717) is 18.7 Å². The molecule has 0 aromatic heterocycles. The SMILES string of the molecule is Cc1cc(N[C@@H](C)C(=O)Nc2ccc(F)cc2F)ccc1N1CCCC1=O. The zero-order chi connectivity index (χ0) is 19.6. The summed E-state index contributed by atoms with van der Waals surface area (Å²) in [5.74, 6) is -1.86. The molecule has 2 N–H and O–H groups in total. The molecule has 1 fully saturated rings. The second-order valence-corrected chi connectivity index (χ2v) is 6.63. The van der Waals surface area contributed by atoms with Crippen LogP contribution in [0.2, 0.25) is 0 Å². The minimum absolute atomic E-state index is 0.0749. The first-order valence-electron chi connectivity index (χ1n) is 8.78. The highest BCUT2D eigenvalue weighted by atomic mass is 19.1. The van der Waals surface area contributed by atoms with Crippen molar-refractivity contribution < 1.29 is 18.4 Å². The number of carbonyl (C=O) groups is 2. The van der Waals surface area contributed by atoms with E-state index in [4.69, 9.17) is 0 Å². The monoisotopic (exact) mass is 373 g/mol. The molecule has 0 spiro atoms. The Morgan fingerprint density at radius 1 is 1.19 bits per heavy atom. The maximum absolute atomic E-state index is 13.7. The van der Waals surface area contributed by atoms with Crippen LogP contribution in [0.5, 0.6) is 0 Å². The van der Waals surface area contributed by atoms with E-state index in [0.717, 1.165) is 29.8 Å². The number of anilines is 3. The molecular formula is C20H21F2N3O2. The smallest absolute Gasteiger partial charge is 0.246 e. The molecule has 27 heavy (non-hydrogen) atoms. The van der Waals surface area contributed by atoms with E-state index in [1.165, 1.54) is 6.07 Å². The third-order valence-corrected chi connectivity index (χ3v) is 4.53. The van der Waals surface area contributed by atoms with Crippen molar-refractivity contribution in [1.82, 2.24) is 0 Å². The fourth-order valence-corrected chi connectivity index (χ4v) is 3.10. The maximum atomic E-state index is 13.7. The molecule has 3 rings (SSSR count). The molecule has 0 bridgehead atoms. The van der Waals surface area contributed by atoms with Crippen LogP contribution in [0.15, 0.2) is 36.4 Å². The Hall–Kier alpha value is -2.96. The van der Waals surface area contributed by atoms with E-state index in [1.807, 2.05) is 19.1 Å². The molecule has 0 unspecified atom stereocenters. The summed E-state index contributed by atoms with van der Waals surface area (Å²) in [5, 5.41) is 5.49. The van der Waals surface area contributed by atoms with Gasteiger partial charge < -0.3 is 15.5 Å². The molecular weight excluding hydrogens is 352 g/mol. The van der Waals surface area contributed by atoms with Gasteiger partial charge in [0.1, 0.15) is 17.7 Å². The van der Waals surface area contributed by atoms with E-state index in [9.17, 15) is 18.4 Å². The van der Waals surface area contributed by atoms with Crippen molar-refractivity contribution in [3.05, 3.63) is 53.6 Å². The molecule has 0 radical (unpaired) electrons. The Labute approximate surface area is 156 Å². The van der Waals surface area contributed by atoms with Gasteiger partial charge in [0.2, 0.25) is 11.8 Å². The molecule has 142 valence electrons. The van der Waals surface area contributed by atoms with Crippen LogP contribution in [-0.4, -0.2) is 24.4 Å². The molecule has 5 nitrogen and oxygen atoms in total. The molecule has 1 saturated heterocycles. The molecule has 0 aliphatic carbocycles. The van der Waals surface area contributed by atoms with E-state index in [2.05, 4.69) is 10.6 Å². The number of hydrogen-bond donors (Lipinski definition) is 2. The highest BCUT2D eigenvalue weighted by Gasteiger charge is 2.23. The number of amides is 2. The first-order chi connectivity index (χ1) is 12.8. The minimum Gasteiger partial charge on any atom is -0.374 e. The molecule has 2 aromatic rings.